The zero-order valence-corrected chi connectivity index (χ0v) is 17.7. The second-order valence-electron chi connectivity index (χ2n) is 7.17. The van der Waals surface area contributed by atoms with E-state index in [0.717, 1.165) is 21.9 Å². The van der Waals surface area contributed by atoms with Crippen LogP contribution >= 0.6 is 11.3 Å². The summed E-state index contributed by atoms with van der Waals surface area (Å²) < 4.78 is 8.86. The Morgan fingerprint density at radius 1 is 1.29 bits per heavy atom. The number of rotatable bonds is 5. The van der Waals surface area contributed by atoms with Crippen LogP contribution in [0.25, 0.3) is 4.96 Å². The van der Waals surface area contributed by atoms with Gasteiger partial charge in [-0.2, -0.15) is 5.10 Å². The molecule has 4 aromatic heterocycles. The lowest BCUT2D eigenvalue weighted by Crippen LogP contribution is -2.37. The number of hydrogen-bond acceptors (Lipinski definition) is 7. The summed E-state index contributed by atoms with van der Waals surface area (Å²) >= 11 is 1.48. The van der Waals surface area contributed by atoms with E-state index in [4.69, 9.17) is 4.74 Å². The fraction of sp³-hybridized carbons (Fsp3) is 0.286. The zero-order chi connectivity index (χ0) is 21.4. The maximum Gasteiger partial charge on any atom is 0.359 e. The lowest BCUT2D eigenvalue weighted by atomic mass is 10.0. The van der Waals surface area contributed by atoms with Crippen molar-refractivity contribution in [3.05, 3.63) is 70.5 Å². The van der Waals surface area contributed by atoms with Crippen LogP contribution < -0.4 is 0 Å². The van der Waals surface area contributed by atoms with Gasteiger partial charge in [-0.05, 0) is 19.1 Å². The molecule has 0 aromatic carbocycles. The molecule has 0 atom stereocenters. The third kappa shape index (κ3) is 3.59. The van der Waals surface area contributed by atoms with Gasteiger partial charge in [0.05, 0.1) is 25.4 Å². The van der Waals surface area contributed by atoms with Crippen LogP contribution in [0.1, 0.15) is 44.9 Å². The Kier molecular flexibility index (Phi) is 4.99. The molecule has 5 heterocycles. The van der Waals surface area contributed by atoms with E-state index in [-0.39, 0.29) is 24.8 Å². The number of pyridine rings is 1. The van der Waals surface area contributed by atoms with Crippen LogP contribution in [0, 0.1) is 0 Å². The number of imidazole rings is 1. The molecule has 0 bridgehead atoms. The number of fused-ring (bicyclic) bond motifs is 2. The maximum atomic E-state index is 13.1. The van der Waals surface area contributed by atoms with Gasteiger partial charge in [0.2, 0.25) is 0 Å². The van der Waals surface area contributed by atoms with Crippen molar-refractivity contribution < 1.29 is 14.3 Å². The molecule has 1 amide bonds. The summed E-state index contributed by atoms with van der Waals surface area (Å²) in [5.41, 5.74) is 3.17. The molecule has 0 saturated heterocycles. The van der Waals surface area contributed by atoms with Crippen molar-refractivity contribution in [2.75, 3.05) is 13.2 Å². The molecule has 0 spiro atoms. The van der Waals surface area contributed by atoms with E-state index < -0.39 is 5.97 Å². The largest absolute Gasteiger partial charge is 0.461 e. The molecule has 0 aliphatic carbocycles. The summed E-state index contributed by atoms with van der Waals surface area (Å²) in [5.74, 6) is -0.635. The first-order valence-corrected chi connectivity index (χ1v) is 10.9. The third-order valence-electron chi connectivity index (χ3n) is 5.24. The molecule has 1 aliphatic heterocycles. The van der Waals surface area contributed by atoms with Crippen molar-refractivity contribution in [2.45, 2.75) is 26.4 Å². The predicted molar refractivity (Wildman–Crippen MR) is 113 cm³/mol. The van der Waals surface area contributed by atoms with E-state index in [1.807, 2.05) is 34.2 Å². The van der Waals surface area contributed by atoms with E-state index in [1.54, 1.807) is 28.9 Å². The Morgan fingerprint density at radius 3 is 2.97 bits per heavy atom. The molecule has 158 valence electrons. The van der Waals surface area contributed by atoms with E-state index in [9.17, 15) is 9.59 Å². The Hall–Kier alpha value is -3.53. The first-order valence-electron chi connectivity index (χ1n) is 10.0. The molecule has 0 fully saturated rings. The van der Waals surface area contributed by atoms with Crippen molar-refractivity contribution in [3.63, 3.8) is 0 Å². The van der Waals surface area contributed by atoms with Crippen molar-refractivity contribution in [1.82, 2.24) is 29.0 Å². The van der Waals surface area contributed by atoms with E-state index >= 15 is 0 Å². The summed E-state index contributed by atoms with van der Waals surface area (Å²) in [4.78, 5) is 36.9. The number of aromatic nitrogens is 5. The molecule has 10 heteroatoms. The molecule has 0 N–H and O–H groups in total. The highest BCUT2D eigenvalue weighted by Gasteiger charge is 2.32. The highest BCUT2D eigenvalue weighted by atomic mass is 32.1. The summed E-state index contributed by atoms with van der Waals surface area (Å²) in [6.07, 6.45) is 5.93. The topological polar surface area (TPSA) is 94.6 Å². The fourth-order valence-electron chi connectivity index (χ4n) is 3.80. The summed E-state index contributed by atoms with van der Waals surface area (Å²) in [5, 5.41) is 6.47. The van der Waals surface area contributed by atoms with Crippen LogP contribution in [0.15, 0.2) is 42.2 Å². The number of thiazole rings is 1. The fourth-order valence-corrected chi connectivity index (χ4v) is 4.50. The molecule has 31 heavy (non-hydrogen) atoms. The highest BCUT2D eigenvalue weighted by Crippen LogP contribution is 2.25. The van der Waals surface area contributed by atoms with E-state index in [1.165, 1.54) is 11.3 Å². The van der Waals surface area contributed by atoms with Crippen LogP contribution in [0.4, 0.5) is 0 Å². The predicted octanol–water partition coefficient (Wildman–Crippen LogP) is 2.41. The van der Waals surface area contributed by atoms with Gasteiger partial charge in [0, 0.05) is 48.2 Å². The van der Waals surface area contributed by atoms with Gasteiger partial charge >= 0.3 is 5.97 Å². The minimum Gasteiger partial charge on any atom is -0.461 e. The van der Waals surface area contributed by atoms with E-state index in [0.29, 0.717) is 25.2 Å². The number of hydrogen-bond donors (Lipinski definition) is 0. The average Bonchev–Trinajstić information content (AvgIpc) is 3.48. The van der Waals surface area contributed by atoms with Crippen molar-refractivity contribution in [1.29, 1.82) is 0 Å². The first-order chi connectivity index (χ1) is 15.1. The average molecular weight is 436 g/mol. The summed E-state index contributed by atoms with van der Waals surface area (Å²) in [7, 11) is 0. The van der Waals surface area contributed by atoms with Gasteiger partial charge in [-0.15, -0.1) is 11.3 Å². The number of carbonyl (C=O) groups is 2. The minimum absolute atomic E-state index is 0.158. The Bertz CT molecular complexity index is 1230. The van der Waals surface area contributed by atoms with Crippen molar-refractivity contribution in [3.8, 4) is 0 Å². The van der Waals surface area contributed by atoms with Crippen LogP contribution in [0.2, 0.25) is 0 Å². The van der Waals surface area contributed by atoms with E-state index in [2.05, 4.69) is 15.1 Å². The second kappa shape index (κ2) is 7.95. The standard InChI is InChI=1S/C21H20N6O3S/c1-2-30-20(29)18-15-12-25(19(28)16-13-26-9-10-31-21(26)23-16)8-6-17(15)27(24-18)11-14-5-3-4-7-22-14/h3-5,7,9-10,13H,2,6,8,11-12H2,1H3. The van der Waals surface area contributed by atoms with Crippen LogP contribution in [0.3, 0.4) is 0 Å². The van der Waals surface area contributed by atoms with Gasteiger partial charge in [-0.1, -0.05) is 6.07 Å². The van der Waals surface area contributed by atoms with Crippen molar-refractivity contribution >= 4 is 28.2 Å². The molecule has 4 aromatic rings. The molecule has 0 unspecified atom stereocenters. The summed E-state index contributed by atoms with van der Waals surface area (Å²) in [6, 6.07) is 5.69. The smallest absolute Gasteiger partial charge is 0.359 e. The van der Waals surface area contributed by atoms with Gasteiger partial charge in [0.15, 0.2) is 10.7 Å². The second-order valence-corrected chi connectivity index (χ2v) is 8.04. The number of amides is 1. The zero-order valence-electron chi connectivity index (χ0n) is 16.9. The quantitative estimate of drug-likeness (QED) is 0.446. The normalized spacial score (nSPS) is 13.4. The molecule has 5 rings (SSSR count). The maximum absolute atomic E-state index is 13.1. The van der Waals surface area contributed by atoms with Crippen LogP contribution in [-0.2, 0) is 24.2 Å². The third-order valence-corrected chi connectivity index (χ3v) is 6.01. The Morgan fingerprint density at radius 2 is 2.19 bits per heavy atom. The lowest BCUT2D eigenvalue weighted by Gasteiger charge is -2.27. The monoisotopic (exact) mass is 436 g/mol. The molecular formula is C21H20N6O3S. The Balaban J connectivity index is 1.46. The number of nitrogens with zero attached hydrogens (tertiary/aromatic N) is 6. The molecule has 0 radical (unpaired) electrons. The molecule has 9 nitrogen and oxygen atoms in total. The van der Waals surface area contributed by atoms with Gasteiger partial charge in [0.25, 0.3) is 5.91 Å². The van der Waals surface area contributed by atoms with Gasteiger partial charge in [-0.25, -0.2) is 9.78 Å². The SMILES string of the molecule is CCOC(=O)c1nn(Cc2ccccn2)c2c1CN(C(=O)c1cn3ccsc3n1)CC2. The molecule has 0 saturated carbocycles. The van der Waals surface area contributed by atoms with Gasteiger partial charge < -0.3 is 9.64 Å². The van der Waals surface area contributed by atoms with Crippen LogP contribution in [0.5, 0.6) is 0 Å². The number of esters is 1. The van der Waals surface area contributed by atoms with Gasteiger partial charge in [0.1, 0.15) is 5.69 Å². The van der Waals surface area contributed by atoms with Crippen LogP contribution in [-0.4, -0.2) is 54.1 Å². The highest BCUT2D eigenvalue weighted by molar-refractivity contribution is 7.15. The Labute approximate surface area is 181 Å². The lowest BCUT2D eigenvalue weighted by molar-refractivity contribution is 0.0513. The molecular weight excluding hydrogens is 416 g/mol. The minimum atomic E-state index is -0.477. The number of carbonyl (C=O) groups excluding carboxylic acids is 2. The number of ether oxygens (including phenoxy) is 1. The van der Waals surface area contributed by atoms with Gasteiger partial charge in [-0.3, -0.25) is 18.9 Å². The summed E-state index contributed by atoms with van der Waals surface area (Å²) in [6.45, 7) is 3.28. The molecule has 1 aliphatic rings. The first kappa shape index (κ1) is 19.4. The van der Waals surface area contributed by atoms with Crippen molar-refractivity contribution in [2.24, 2.45) is 0 Å².